The fourth-order valence-corrected chi connectivity index (χ4v) is 2.23. The Bertz CT molecular complexity index is 882. The highest BCUT2D eigenvalue weighted by atomic mass is 16.5. The van der Waals surface area contributed by atoms with Crippen molar-refractivity contribution in [3.63, 3.8) is 0 Å². The van der Waals surface area contributed by atoms with Gasteiger partial charge in [-0.25, -0.2) is 5.43 Å². The Morgan fingerprint density at radius 3 is 3.00 bits per heavy atom. The van der Waals surface area contributed by atoms with Crippen LogP contribution < -0.4 is 11.0 Å². The number of hydrazone groups is 1. The van der Waals surface area contributed by atoms with E-state index in [1.165, 1.54) is 17.9 Å². The molecule has 25 heavy (non-hydrogen) atoms. The predicted octanol–water partition coefficient (Wildman–Crippen LogP) is 0.720. The molecule has 0 bridgehead atoms. The van der Waals surface area contributed by atoms with Gasteiger partial charge < -0.3 is 9.30 Å². The summed E-state index contributed by atoms with van der Waals surface area (Å²) in [6.45, 7) is 1.60. The molecule has 0 atom stereocenters. The summed E-state index contributed by atoms with van der Waals surface area (Å²) in [7, 11) is 1.48. The van der Waals surface area contributed by atoms with Crippen molar-refractivity contribution in [3.8, 4) is 6.07 Å². The van der Waals surface area contributed by atoms with Crippen LogP contribution in [0.25, 0.3) is 0 Å². The van der Waals surface area contributed by atoms with Gasteiger partial charge in [-0.2, -0.15) is 10.4 Å². The van der Waals surface area contributed by atoms with E-state index in [-0.39, 0.29) is 18.7 Å². The summed E-state index contributed by atoms with van der Waals surface area (Å²) in [6.07, 6.45) is 4.67. The monoisotopic (exact) mass is 339 g/mol. The molecule has 0 saturated carbocycles. The molecule has 2 heterocycles. The maximum Gasteiger partial charge on any atom is 0.269 e. The van der Waals surface area contributed by atoms with Gasteiger partial charge in [0.25, 0.3) is 11.5 Å². The SMILES string of the molecule is COCc1cc(C)n(CC(=O)NN=Cc2cccnc2)c(=O)c1C#N. The lowest BCUT2D eigenvalue weighted by molar-refractivity contribution is -0.121. The van der Waals surface area contributed by atoms with Crippen molar-refractivity contribution in [3.05, 3.63) is 63.3 Å². The number of hydrogen-bond donors (Lipinski definition) is 1. The molecule has 2 aromatic rings. The zero-order valence-corrected chi connectivity index (χ0v) is 13.9. The molecule has 128 valence electrons. The molecule has 0 unspecified atom stereocenters. The molecule has 0 fully saturated rings. The number of nitrogens with zero attached hydrogens (tertiary/aromatic N) is 4. The molecule has 1 N–H and O–H groups in total. The van der Waals surface area contributed by atoms with Crippen molar-refractivity contribution in [2.24, 2.45) is 5.10 Å². The predicted molar refractivity (Wildman–Crippen MR) is 90.8 cm³/mol. The van der Waals surface area contributed by atoms with Gasteiger partial charge >= 0.3 is 0 Å². The summed E-state index contributed by atoms with van der Waals surface area (Å²) in [5.74, 6) is -0.478. The Morgan fingerprint density at radius 2 is 2.36 bits per heavy atom. The highest BCUT2D eigenvalue weighted by Gasteiger charge is 2.14. The molecule has 0 aliphatic rings. The maximum atomic E-state index is 12.4. The first-order valence-corrected chi connectivity index (χ1v) is 7.41. The van der Waals surface area contributed by atoms with Crippen molar-refractivity contribution in [1.82, 2.24) is 15.0 Å². The molecule has 0 aromatic carbocycles. The average molecular weight is 339 g/mol. The fourth-order valence-electron chi connectivity index (χ4n) is 2.23. The van der Waals surface area contributed by atoms with E-state index in [9.17, 15) is 14.9 Å². The number of carbonyl (C=O) groups is 1. The molecule has 0 radical (unpaired) electrons. The van der Waals surface area contributed by atoms with Crippen LogP contribution in [-0.2, 0) is 22.7 Å². The zero-order chi connectivity index (χ0) is 18.2. The minimum atomic E-state index is -0.527. The van der Waals surface area contributed by atoms with E-state index in [1.807, 2.05) is 6.07 Å². The van der Waals surface area contributed by atoms with E-state index < -0.39 is 11.5 Å². The van der Waals surface area contributed by atoms with E-state index in [4.69, 9.17) is 4.74 Å². The van der Waals surface area contributed by atoms with Crippen molar-refractivity contribution < 1.29 is 9.53 Å². The van der Waals surface area contributed by atoms with Crippen LogP contribution in [0.4, 0.5) is 0 Å². The molecule has 0 aliphatic heterocycles. The number of rotatable bonds is 6. The molecule has 2 aromatic heterocycles. The second kappa shape index (κ2) is 8.52. The highest BCUT2D eigenvalue weighted by molar-refractivity contribution is 5.81. The van der Waals surface area contributed by atoms with E-state index in [0.717, 1.165) is 5.56 Å². The van der Waals surface area contributed by atoms with Crippen LogP contribution in [0, 0.1) is 18.3 Å². The van der Waals surface area contributed by atoms with Gasteiger partial charge in [0.05, 0.1) is 12.8 Å². The number of aromatic nitrogens is 2. The van der Waals surface area contributed by atoms with Crippen molar-refractivity contribution in [1.29, 1.82) is 5.26 Å². The summed E-state index contributed by atoms with van der Waals surface area (Å²) in [4.78, 5) is 28.3. The number of amides is 1. The van der Waals surface area contributed by atoms with Crippen LogP contribution in [0.1, 0.15) is 22.4 Å². The first-order chi connectivity index (χ1) is 12.1. The van der Waals surface area contributed by atoms with Crippen molar-refractivity contribution in [2.75, 3.05) is 7.11 Å². The minimum Gasteiger partial charge on any atom is -0.380 e. The second-order valence-electron chi connectivity index (χ2n) is 5.20. The molecular weight excluding hydrogens is 322 g/mol. The third-order valence-corrected chi connectivity index (χ3v) is 3.39. The van der Waals surface area contributed by atoms with Crippen LogP contribution in [0.5, 0.6) is 0 Å². The molecule has 8 heteroatoms. The van der Waals surface area contributed by atoms with E-state index in [1.54, 1.807) is 37.5 Å². The first kappa shape index (κ1) is 18.0. The molecule has 2 rings (SSSR count). The van der Waals surface area contributed by atoms with Crippen molar-refractivity contribution >= 4 is 12.1 Å². The lowest BCUT2D eigenvalue weighted by Gasteiger charge is -2.12. The van der Waals surface area contributed by atoms with Gasteiger partial charge in [0.1, 0.15) is 18.2 Å². The van der Waals surface area contributed by atoms with Crippen molar-refractivity contribution in [2.45, 2.75) is 20.1 Å². The van der Waals surface area contributed by atoms with Gasteiger partial charge in [-0.3, -0.25) is 14.6 Å². The molecule has 8 nitrogen and oxygen atoms in total. The number of hydrogen-bond acceptors (Lipinski definition) is 6. The number of aryl methyl sites for hydroxylation is 1. The number of methoxy groups -OCH3 is 1. The van der Waals surface area contributed by atoms with Crippen LogP contribution in [-0.4, -0.2) is 28.8 Å². The third kappa shape index (κ3) is 4.59. The Labute approximate surface area is 144 Å². The number of ether oxygens (including phenoxy) is 1. The molecule has 0 aliphatic carbocycles. The van der Waals surface area contributed by atoms with Gasteiger partial charge in [-0.15, -0.1) is 0 Å². The minimum absolute atomic E-state index is 0.0286. The summed E-state index contributed by atoms with van der Waals surface area (Å²) in [5, 5.41) is 13.0. The Morgan fingerprint density at radius 1 is 1.56 bits per heavy atom. The van der Waals surface area contributed by atoms with E-state index in [2.05, 4.69) is 15.5 Å². The van der Waals surface area contributed by atoms with Gasteiger partial charge in [0.2, 0.25) is 0 Å². The first-order valence-electron chi connectivity index (χ1n) is 7.41. The highest BCUT2D eigenvalue weighted by Crippen LogP contribution is 2.08. The Kier molecular flexibility index (Phi) is 6.14. The number of pyridine rings is 2. The quantitative estimate of drug-likeness (QED) is 0.616. The fraction of sp³-hybridized carbons (Fsp3) is 0.235. The zero-order valence-electron chi connectivity index (χ0n) is 13.9. The summed E-state index contributed by atoms with van der Waals surface area (Å²) >= 11 is 0. The Hall–Kier alpha value is -3.31. The van der Waals surface area contributed by atoms with E-state index in [0.29, 0.717) is 11.3 Å². The van der Waals surface area contributed by atoms with Gasteiger partial charge in [-0.05, 0) is 19.1 Å². The molecule has 0 saturated heterocycles. The standard InChI is InChI=1S/C17H17N5O3/c1-12-6-14(11-25-2)15(7-18)17(24)22(12)10-16(23)21-20-9-13-4-3-5-19-8-13/h3-6,8-9H,10-11H2,1-2H3,(H,21,23). The molecule has 0 spiro atoms. The third-order valence-electron chi connectivity index (χ3n) is 3.39. The largest absolute Gasteiger partial charge is 0.380 e. The van der Waals surface area contributed by atoms with Gasteiger partial charge in [0.15, 0.2) is 0 Å². The smallest absolute Gasteiger partial charge is 0.269 e. The average Bonchev–Trinajstić information content (AvgIpc) is 2.60. The van der Waals surface area contributed by atoms with Gasteiger partial charge in [-0.1, -0.05) is 6.07 Å². The summed E-state index contributed by atoms with van der Waals surface area (Å²) < 4.78 is 6.22. The lowest BCUT2D eigenvalue weighted by Crippen LogP contribution is -2.33. The second-order valence-corrected chi connectivity index (χ2v) is 5.20. The lowest BCUT2D eigenvalue weighted by atomic mass is 10.1. The van der Waals surface area contributed by atoms with Crippen LogP contribution in [0.2, 0.25) is 0 Å². The van der Waals surface area contributed by atoms with Crippen LogP contribution >= 0.6 is 0 Å². The number of nitriles is 1. The van der Waals surface area contributed by atoms with Gasteiger partial charge in [0, 0.05) is 36.3 Å². The summed E-state index contributed by atoms with van der Waals surface area (Å²) in [6, 6.07) is 7.06. The van der Waals surface area contributed by atoms with Crippen LogP contribution in [0.15, 0.2) is 40.5 Å². The Balaban J connectivity index is 2.14. The normalized spacial score (nSPS) is 10.6. The topological polar surface area (TPSA) is 109 Å². The van der Waals surface area contributed by atoms with E-state index >= 15 is 0 Å². The van der Waals surface area contributed by atoms with Crippen LogP contribution in [0.3, 0.4) is 0 Å². The maximum absolute atomic E-state index is 12.4. The number of carbonyl (C=O) groups excluding carboxylic acids is 1. The molecule has 1 amide bonds. The molecular formula is C17H17N5O3. The summed E-state index contributed by atoms with van der Waals surface area (Å²) in [5.41, 5.74) is 3.58. The number of nitrogens with one attached hydrogen (secondary N) is 1.